The van der Waals surface area contributed by atoms with Gasteiger partial charge in [-0.3, -0.25) is 0 Å². The highest BCUT2D eigenvalue weighted by Crippen LogP contribution is 2.46. The van der Waals surface area contributed by atoms with Crippen LogP contribution in [-0.2, 0) is 6.42 Å². The number of benzene rings is 1. The Hall–Kier alpha value is -1.96. The molecule has 1 aromatic carbocycles. The van der Waals surface area contributed by atoms with E-state index in [0.717, 1.165) is 22.4 Å². The van der Waals surface area contributed by atoms with E-state index in [9.17, 15) is 5.11 Å². The molecule has 0 amide bonds. The quantitative estimate of drug-likeness (QED) is 0.764. The molecule has 1 aliphatic carbocycles. The van der Waals surface area contributed by atoms with Crippen LogP contribution in [-0.4, -0.2) is 11.2 Å². The van der Waals surface area contributed by atoms with Crippen molar-refractivity contribution in [2.45, 2.75) is 12.5 Å². The Labute approximate surface area is 94.2 Å². The number of hydrogen-bond donors (Lipinski definition) is 1. The lowest BCUT2D eigenvalue weighted by Crippen LogP contribution is -2.04. The van der Waals surface area contributed by atoms with Crippen LogP contribution < -0.4 is 4.74 Å². The first kappa shape index (κ1) is 9.28. The average molecular weight is 212 g/mol. The lowest BCUT2D eigenvalue weighted by Gasteiger charge is -2.06. The maximum Gasteiger partial charge on any atom is 0.143 e. The third-order valence-electron chi connectivity index (χ3n) is 3.00. The molecule has 2 aliphatic rings. The Morgan fingerprint density at radius 2 is 2.31 bits per heavy atom. The van der Waals surface area contributed by atoms with Crippen LogP contribution in [0.2, 0.25) is 0 Å². The van der Waals surface area contributed by atoms with E-state index < -0.39 is 0 Å². The molecular weight excluding hydrogens is 200 g/mol. The molecule has 0 saturated carbocycles. The summed E-state index contributed by atoms with van der Waals surface area (Å²) in [6.07, 6.45) is 8.39. The largest absolute Gasteiger partial charge is 0.507 e. The summed E-state index contributed by atoms with van der Waals surface area (Å²) >= 11 is 0. The zero-order valence-corrected chi connectivity index (χ0v) is 8.81. The Kier molecular flexibility index (Phi) is 1.90. The molecule has 1 unspecified atom stereocenters. The topological polar surface area (TPSA) is 29.5 Å². The van der Waals surface area contributed by atoms with Gasteiger partial charge in [-0.15, -0.1) is 6.58 Å². The van der Waals surface area contributed by atoms with Crippen molar-refractivity contribution in [1.29, 1.82) is 0 Å². The molecule has 0 fully saturated rings. The minimum absolute atomic E-state index is 0.0140. The first-order valence-electron chi connectivity index (χ1n) is 5.32. The smallest absolute Gasteiger partial charge is 0.143 e. The van der Waals surface area contributed by atoms with E-state index in [1.54, 1.807) is 6.08 Å². The molecule has 0 spiro atoms. The molecule has 2 nitrogen and oxygen atoms in total. The highest BCUT2D eigenvalue weighted by molar-refractivity contribution is 5.85. The molecule has 2 heteroatoms. The van der Waals surface area contributed by atoms with Gasteiger partial charge in [-0.1, -0.05) is 24.3 Å². The maximum absolute atomic E-state index is 10.2. The fourth-order valence-electron chi connectivity index (χ4n) is 2.24. The summed E-state index contributed by atoms with van der Waals surface area (Å²) in [7, 11) is 0. The van der Waals surface area contributed by atoms with Gasteiger partial charge in [0, 0.05) is 5.57 Å². The molecule has 16 heavy (non-hydrogen) atoms. The van der Waals surface area contributed by atoms with Crippen LogP contribution >= 0.6 is 0 Å². The fourth-order valence-corrected chi connectivity index (χ4v) is 2.24. The minimum atomic E-state index is -0.0140. The second-order valence-electron chi connectivity index (χ2n) is 3.98. The number of allylic oxidation sites excluding steroid dienone is 3. The van der Waals surface area contributed by atoms with Crippen LogP contribution in [0.15, 0.2) is 43.0 Å². The van der Waals surface area contributed by atoms with Gasteiger partial charge in [-0.2, -0.15) is 0 Å². The Balaban J connectivity index is 2.15. The van der Waals surface area contributed by atoms with Crippen molar-refractivity contribution < 1.29 is 9.84 Å². The molecule has 1 atom stereocenters. The third-order valence-corrected chi connectivity index (χ3v) is 3.00. The van der Waals surface area contributed by atoms with Crippen LogP contribution in [0.25, 0.3) is 5.57 Å². The normalized spacial score (nSPS) is 20.0. The highest BCUT2D eigenvalue weighted by atomic mass is 16.5. The molecule has 0 radical (unpaired) electrons. The van der Waals surface area contributed by atoms with Gasteiger partial charge in [0.1, 0.15) is 17.6 Å². The monoisotopic (exact) mass is 212 g/mol. The fraction of sp³-hybridized carbons (Fsp3) is 0.143. The molecule has 1 heterocycles. The van der Waals surface area contributed by atoms with Gasteiger partial charge < -0.3 is 9.84 Å². The first-order valence-corrected chi connectivity index (χ1v) is 5.32. The molecule has 0 saturated heterocycles. The van der Waals surface area contributed by atoms with Crippen molar-refractivity contribution in [3.63, 3.8) is 0 Å². The van der Waals surface area contributed by atoms with Gasteiger partial charge in [0.2, 0.25) is 0 Å². The molecule has 3 rings (SSSR count). The van der Waals surface area contributed by atoms with Gasteiger partial charge in [-0.05, 0) is 24.1 Å². The number of ether oxygens (including phenoxy) is 1. The van der Waals surface area contributed by atoms with Crippen LogP contribution in [0, 0.1) is 0 Å². The summed E-state index contributed by atoms with van der Waals surface area (Å²) in [4.78, 5) is 0. The number of rotatable bonds is 2. The molecule has 80 valence electrons. The average Bonchev–Trinajstić information content (AvgIpc) is 2.81. The van der Waals surface area contributed by atoms with E-state index in [0.29, 0.717) is 12.2 Å². The Bertz CT molecular complexity index is 524. The van der Waals surface area contributed by atoms with Crippen LogP contribution in [0.5, 0.6) is 11.5 Å². The van der Waals surface area contributed by atoms with Crippen molar-refractivity contribution in [3.05, 3.63) is 54.1 Å². The maximum atomic E-state index is 10.2. The van der Waals surface area contributed by atoms with E-state index in [4.69, 9.17) is 4.74 Å². The predicted molar refractivity (Wildman–Crippen MR) is 63.5 cm³/mol. The van der Waals surface area contributed by atoms with Crippen molar-refractivity contribution in [1.82, 2.24) is 0 Å². The SMILES string of the molecule is C=CCc1ccc2c(c1O)C1=CC=CC1O2. The Morgan fingerprint density at radius 3 is 3.12 bits per heavy atom. The molecule has 1 aliphatic heterocycles. The Morgan fingerprint density at radius 1 is 1.44 bits per heavy atom. The predicted octanol–water partition coefficient (Wildman–Crippen LogP) is 2.83. The highest BCUT2D eigenvalue weighted by Gasteiger charge is 2.31. The molecule has 0 bridgehead atoms. The standard InChI is InChI=1S/C14H12O2/c1-2-4-9-7-8-12-13(14(9)15)10-5-3-6-11(10)16-12/h2-3,5-8,11,15H,1,4H2. The number of aromatic hydroxyl groups is 1. The summed E-state index contributed by atoms with van der Waals surface area (Å²) in [6, 6.07) is 3.81. The van der Waals surface area contributed by atoms with Gasteiger partial charge >= 0.3 is 0 Å². The first-order chi connectivity index (χ1) is 7.81. The summed E-state index contributed by atoms with van der Waals surface area (Å²) in [5.74, 6) is 1.10. The lowest BCUT2D eigenvalue weighted by molar-refractivity contribution is 0.324. The molecular formula is C14H12O2. The van der Waals surface area contributed by atoms with Gasteiger partial charge in [0.25, 0.3) is 0 Å². The van der Waals surface area contributed by atoms with Gasteiger partial charge in [0.05, 0.1) is 5.56 Å². The molecule has 1 aromatic rings. The van der Waals surface area contributed by atoms with Crippen molar-refractivity contribution in [2.24, 2.45) is 0 Å². The minimum Gasteiger partial charge on any atom is -0.507 e. The van der Waals surface area contributed by atoms with Crippen LogP contribution in [0.1, 0.15) is 11.1 Å². The zero-order chi connectivity index (χ0) is 11.1. The summed E-state index contributed by atoms with van der Waals surface area (Å²) in [5.41, 5.74) is 2.79. The lowest BCUT2D eigenvalue weighted by atomic mass is 9.99. The van der Waals surface area contributed by atoms with E-state index in [2.05, 4.69) is 6.58 Å². The van der Waals surface area contributed by atoms with E-state index in [-0.39, 0.29) is 6.10 Å². The molecule has 1 N–H and O–H groups in total. The van der Waals surface area contributed by atoms with E-state index in [1.807, 2.05) is 30.4 Å². The number of phenolic OH excluding ortho intramolecular Hbond substituents is 1. The van der Waals surface area contributed by atoms with Crippen LogP contribution in [0.4, 0.5) is 0 Å². The van der Waals surface area contributed by atoms with Crippen molar-refractivity contribution in [3.8, 4) is 11.5 Å². The second kappa shape index (κ2) is 3.27. The summed E-state index contributed by atoms with van der Waals surface area (Å²) in [5, 5.41) is 10.2. The summed E-state index contributed by atoms with van der Waals surface area (Å²) in [6.45, 7) is 3.69. The van der Waals surface area contributed by atoms with Crippen molar-refractivity contribution in [2.75, 3.05) is 0 Å². The van der Waals surface area contributed by atoms with E-state index in [1.165, 1.54) is 0 Å². The number of fused-ring (bicyclic) bond motifs is 3. The number of phenols is 1. The van der Waals surface area contributed by atoms with Crippen LogP contribution in [0.3, 0.4) is 0 Å². The zero-order valence-electron chi connectivity index (χ0n) is 8.81. The van der Waals surface area contributed by atoms with E-state index >= 15 is 0 Å². The number of hydrogen-bond acceptors (Lipinski definition) is 2. The van der Waals surface area contributed by atoms with Gasteiger partial charge in [0.15, 0.2) is 0 Å². The third kappa shape index (κ3) is 1.13. The second-order valence-corrected chi connectivity index (χ2v) is 3.98. The van der Waals surface area contributed by atoms with Gasteiger partial charge in [-0.25, -0.2) is 0 Å². The van der Waals surface area contributed by atoms with Crippen molar-refractivity contribution >= 4 is 5.57 Å². The molecule has 0 aromatic heterocycles. The summed E-state index contributed by atoms with van der Waals surface area (Å²) < 4.78 is 5.70.